The van der Waals surface area contributed by atoms with Gasteiger partial charge in [-0.05, 0) is 24.5 Å². The molecule has 3 rings (SSSR count). The van der Waals surface area contributed by atoms with Crippen molar-refractivity contribution in [2.75, 3.05) is 0 Å². The number of nitrogens with zero attached hydrogens (tertiary/aromatic N) is 1. The molecular formula is C15H15F3N2O. The highest BCUT2D eigenvalue weighted by molar-refractivity contribution is 5.42. The molecule has 0 amide bonds. The second-order valence-electron chi connectivity index (χ2n) is 5.47. The maximum Gasteiger partial charge on any atom is 0.418 e. The number of aromatic nitrogens is 2. The fraction of sp³-hybridized carbons (Fsp3) is 0.400. The van der Waals surface area contributed by atoms with Crippen molar-refractivity contribution in [1.29, 1.82) is 0 Å². The maximum atomic E-state index is 13.0. The molecule has 1 aromatic heterocycles. The van der Waals surface area contributed by atoms with Crippen LogP contribution < -0.4 is 5.56 Å². The molecule has 1 aliphatic rings. The number of hydrogen-bond donors (Lipinski definition) is 1. The van der Waals surface area contributed by atoms with E-state index in [4.69, 9.17) is 0 Å². The van der Waals surface area contributed by atoms with E-state index in [1.54, 1.807) is 0 Å². The molecule has 1 fully saturated rings. The van der Waals surface area contributed by atoms with Crippen LogP contribution >= 0.6 is 0 Å². The Bertz CT molecular complexity index is 695. The largest absolute Gasteiger partial charge is 0.418 e. The van der Waals surface area contributed by atoms with Crippen molar-refractivity contribution in [1.82, 2.24) is 9.78 Å². The van der Waals surface area contributed by atoms with Gasteiger partial charge in [0.2, 0.25) is 0 Å². The Morgan fingerprint density at radius 2 is 1.95 bits per heavy atom. The standard InChI is InChI=1S/C15H15F3N2O/c16-15(17,18)12-6-1-2-7-13(12)20-14(21)9-11(19-20)8-10-4-3-5-10/h1-2,6-7,9-10,19H,3-5,8H2. The lowest BCUT2D eigenvalue weighted by Gasteiger charge is -2.24. The van der Waals surface area contributed by atoms with Crippen molar-refractivity contribution < 1.29 is 13.2 Å². The number of benzene rings is 1. The van der Waals surface area contributed by atoms with E-state index in [1.165, 1.54) is 30.7 Å². The summed E-state index contributed by atoms with van der Waals surface area (Å²) in [7, 11) is 0. The molecule has 6 heteroatoms. The van der Waals surface area contributed by atoms with E-state index in [2.05, 4.69) is 5.10 Å². The summed E-state index contributed by atoms with van der Waals surface area (Å²) in [6.45, 7) is 0. The number of alkyl halides is 3. The van der Waals surface area contributed by atoms with Crippen molar-refractivity contribution in [3.63, 3.8) is 0 Å². The third-order valence-electron chi connectivity index (χ3n) is 3.96. The first-order valence-electron chi connectivity index (χ1n) is 6.92. The Morgan fingerprint density at radius 1 is 1.24 bits per heavy atom. The molecule has 1 aliphatic carbocycles. The lowest BCUT2D eigenvalue weighted by molar-refractivity contribution is -0.137. The first-order chi connectivity index (χ1) is 9.95. The van der Waals surface area contributed by atoms with Gasteiger partial charge in [0.1, 0.15) is 0 Å². The van der Waals surface area contributed by atoms with Crippen LogP contribution in [0.3, 0.4) is 0 Å². The quantitative estimate of drug-likeness (QED) is 0.924. The van der Waals surface area contributed by atoms with Crippen molar-refractivity contribution in [3.8, 4) is 5.69 Å². The molecule has 112 valence electrons. The normalized spacial score (nSPS) is 16.0. The highest BCUT2D eigenvalue weighted by atomic mass is 19.4. The lowest BCUT2D eigenvalue weighted by atomic mass is 9.82. The van der Waals surface area contributed by atoms with Gasteiger partial charge in [-0.2, -0.15) is 13.2 Å². The van der Waals surface area contributed by atoms with Crippen LogP contribution in [-0.2, 0) is 12.6 Å². The van der Waals surface area contributed by atoms with Crippen LogP contribution in [0.2, 0.25) is 0 Å². The number of aromatic amines is 1. The van der Waals surface area contributed by atoms with Crippen molar-refractivity contribution in [2.45, 2.75) is 31.9 Å². The van der Waals surface area contributed by atoms with Crippen LogP contribution in [0.4, 0.5) is 13.2 Å². The molecular weight excluding hydrogens is 281 g/mol. The van der Waals surface area contributed by atoms with Gasteiger partial charge >= 0.3 is 6.18 Å². The summed E-state index contributed by atoms with van der Waals surface area (Å²) in [5.74, 6) is 0.536. The van der Waals surface area contributed by atoms with Gasteiger partial charge in [0.25, 0.3) is 5.56 Å². The zero-order valence-electron chi connectivity index (χ0n) is 11.3. The van der Waals surface area contributed by atoms with Gasteiger partial charge in [-0.3, -0.25) is 9.89 Å². The summed E-state index contributed by atoms with van der Waals surface area (Å²) in [5.41, 5.74) is -0.735. The van der Waals surface area contributed by atoms with E-state index < -0.39 is 17.3 Å². The van der Waals surface area contributed by atoms with Gasteiger partial charge in [0.15, 0.2) is 0 Å². The number of halogens is 3. The Morgan fingerprint density at radius 3 is 2.57 bits per heavy atom. The molecule has 0 spiro atoms. The molecule has 1 N–H and O–H groups in total. The van der Waals surface area contributed by atoms with Gasteiger partial charge in [0, 0.05) is 11.8 Å². The van der Waals surface area contributed by atoms with Gasteiger partial charge in [-0.25, -0.2) is 4.68 Å². The van der Waals surface area contributed by atoms with Gasteiger partial charge in [0.05, 0.1) is 11.3 Å². The van der Waals surface area contributed by atoms with Crippen LogP contribution in [0.5, 0.6) is 0 Å². The summed E-state index contributed by atoms with van der Waals surface area (Å²) < 4.78 is 40.0. The molecule has 0 unspecified atom stereocenters. The van der Waals surface area contributed by atoms with Crippen molar-refractivity contribution >= 4 is 0 Å². The van der Waals surface area contributed by atoms with E-state index in [-0.39, 0.29) is 5.69 Å². The minimum Gasteiger partial charge on any atom is -0.295 e. The van der Waals surface area contributed by atoms with E-state index in [0.717, 1.165) is 30.0 Å². The average Bonchev–Trinajstić information content (AvgIpc) is 2.74. The lowest BCUT2D eigenvalue weighted by Crippen LogP contribution is -2.19. The fourth-order valence-corrected chi connectivity index (χ4v) is 2.64. The Hall–Kier alpha value is -1.98. The second-order valence-corrected chi connectivity index (χ2v) is 5.47. The topological polar surface area (TPSA) is 37.8 Å². The van der Waals surface area contributed by atoms with Gasteiger partial charge < -0.3 is 0 Å². The summed E-state index contributed by atoms with van der Waals surface area (Å²) in [6, 6.07) is 6.48. The third-order valence-corrected chi connectivity index (χ3v) is 3.96. The summed E-state index contributed by atoms with van der Waals surface area (Å²) in [4.78, 5) is 12.0. The molecule has 0 bridgehead atoms. The predicted octanol–water partition coefficient (Wildman–Crippen LogP) is 3.53. The number of H-pyrrole nitrogens is 1. The molecule has 0 atom stereocenters. The van der Waals surface area contributed by atoms with Crippen LogP contribution in [0.1, 0.15) is 30.5 Å². The summed E-state index contributed by atoms with van der Waals surface area (Å²) >= 11 is 0. The minimum atomic E-state index is -4.49. The number of para-hydroxylation sites is 1. The number of nitrogens with one attached hydrogen (secondary N) is 1. The molecule has 21 heavy (non-hydrogen) atoms. The van der Waals surface area contributed by atoms with Crippen LogP contribution in [0, 0.1) is 5.92 Å². The minimum absolute atomic E-state index is 0.158. The van der Waals surface area contributed by atoms with Gasteiger partial charge in [-0.1, -0.05) is 31.4 Å². The smallest absolute Gasteiger partial charge is 0.295 e. The average molecular weight is 296 g/mol. The highest BCUT2D eigenvalue weighted by Crippen LogP contribution is 2.33. The maximum absolute atomic E-state index is 13.0. The van der Waals surface area contributed by atoms with Crippen LogP contribution in [-0.4, -0.2) is 9.78 Å². The molecule has 2 aromatic rings. The van der Waals surface area contributed by atoms with E-state index in [0.29, 0.717) is 11.6 Å². The van der Waals surface area contributed by atoms with Gasteiger partial charge in [-0.15, -0.1) is 0 Å². The molecule has 1 saturated carbocycles. The van der Waals surface area contributed by atoms with Crippen molar-refractivity contribution in [2.24, 2.45) is 5.92 Å². The molecule has 0 saturated heterocycles. The van der Waals surface area contributed by atoms with Crippen molar-refractivity contribution in [3.05, 3.63) is 51.9 Å². The number of hydrogen-bond acceptors (Lipinski definition) is 1. The third kappa shape index (κ3) is 2.75. The molecule has 3 nitrogen and oxygen atoms in total. The SMILES string of the molecule is O=c1cc(CC2CCC2)[nH]n1-c1ccccc1C(F)(F)F. The first-order valence-corrected chi connectivity index (χ1v) is 6.92. The Labute approximate surface area is 119 Å². The molecule has 1 aromatic carbocycles. The zero-order valence-corrected chi connectivity index (χ0v) is 11.3. The predicted molar refractivity (Wildman–Crippen MR) is 72.4 cm³/mol. The summed E-state index contributed by atoms with van der Waals surface area (Å²) in [6.07, 6.45) is -0.350. The zero-order chi connectivity index (χ0) is 15.0. The monoisotopic (exact) mass is 296 g/mol. The second kappa shape index (κ2) is 5.09. The molecule has 1 heterocycles. The first kappa shape index (κ1) is 14.0. The summed E-state index contributed by atoms with van der Waals surface area (Å²) in [5, 5.41) is 2.81. The number of rotatable bonds is 3. The Kier molecular flexibility index (Phi) is 3.39. The molecule has 0 aliphatic heterocycles. The van der Waals surface area contributed by atoms with E-state index in [1.807, 2.05) is 0 Å². The fourth-order valence-electron chi connectivity index (χ4n) is 2.64. The molecule has 0 radical (unpaired) electrons. The highest BCUT2D eigenvalue weighted by Gasteiger charge is 2.34. The van der Waals surface area contributed by atoms with E-state index in [9.17, 15) is 18.0 Å². The Balaban J connectivity index is 1.99. The van der Waals surface area contributed by atoms with E-state index >= 15 is 0 Å². The van der Waals surface area contributed by atoms with Crippen LogP contribution in [0.15, 0.2) is 35.1 Å². The van der Waals surface area contributed by atoms with Crippen LogP contribution in [0.25, 0.3) is 5.69 Å².